The zero-order valence-electron chi connectivity index (χ0n) is 10.5. The van der Waals surface area contributed by atoms with Crippen LogP contribution in [0.4, 0.5) is 0 Å². The lowest BCUT2D eigenvalue weighted by Gasteiger charge is -2.12. The molecule has 0 spiro atoms. The maximum Gasteiger partial charge on any atom is 0.303 e. The van der Waals surface area contributed by atoms with Gasteiger partial charge in [0.05, 0.1) is 11.7 Å². The Hall–Kier alpha value is -1.89. The average Bonchev–Trinajstić information content (AvgIpc) is 2.33. The van der Waals surface area contributed by atoms with Crippen LogP contribution in [-0.4, -0.2) is 43.3 Å². The summed E-state index contributed by atoms with van der Waals surface area (Å²) in [7, 11) is 1.71. The predicted molar refractivity (Wildman–Crippen MR) is 69.2 cm³/mol. The van der Waals surface area contributed by atoms with E-state index in [0.717, 1.165) is 0 Å². The fourth-order valence-electron chi connectivity index (χ4n) is 1.24. The monoisotopic (exact) mass is 256 g/mol. The molecule has 0 fully saturated rings. The van der Waals surface area contributed by atoms with Crippen LogP contribution in [-0.2, 0) is 9.59 Å². The van der Waals surface area contributed by atoms with Gasteiger partial charge in [-0.1, -0.05) is 0 Å². The number of aliphatic carboxylic acids is 1. The zero-order chi connectivity index (χ0) is 14.0. The third-order valence-electron chi connectivity index (χ3n) is 2.15. The van der Waals surface area contributed by atoms with Crippen LogP contribution >= 0.6 is 0 Å². The van der Waals surface area contributed by atoms with E-state index in [1.807, 2.05) is 0 Å². The highest BCUT2D eigenvalue weighted by molar-refractivity contribution is 5.81. The van der Waals surface area contributed by atoms with Crippen molar-refractivity contribution < 1.29 is 14.7 Å². The van der Waals surface area contributed by atoms with Gasteiger partial charge < -0.3 is 21.5 Å². The fraction of sp³-hybridized carbons (Fsp3) is 0.545. The molecule has 0 aromatic heterocycles. The zero-order valence-corrected chi connectivity index (χ0v) is 10.5. The molecule has 0 aliphatic heterocycles. The van der Waals surface area contributed by atoms with Crippen LogP contribution in [0.15, 0.2) is 16.9 Å². The SMILES string of the molecule is C=N/C(=C\NC)CC(N)C(=O)NCCCC(=O)O. The summed E-state index contributed by atoms with van der Waals surface area (Å²) in [5.41, 5.74) is 6.27. The molecule has 0 aromatic carbocycles. The number of rotatable bonds is 9. The first-order valence-electron chi connectivity index (χ1n) is 5.59. The summed E-state index contributed by atoms with van der Waals surface area (Å²) in [4.78, 5) is 25.5. The molecular formula is C11H20N4O3. The Balaban J connectivity index is 3.99. The molecule has 1 unspecified atom stereocenters. The first kappa shape index (κ1) is 16.1. The van der Waals surface area contributed by atoms with Crippen LogP contribution in [0.2, 0.25) is 0 Å². The van der Waals surface area contributed by atoms with E-state index < -0.39 is 12.0 Å². The lowest BCUT2D eigenvalue weighted by Crippen LogP contribution is -2.41. The van der Waals surface area contributed by atoms with Gasteiger partial charge in [0.25, 0.3) is 0 Å². The summed E-state index contributed by atoms with van der Waals surface area (Å²) >= 11 is 0. The number of amides is 1. The highest BCUT2D eigenvalue weighted by Crippen LogP contribution is 2.04. The van der Waals surface area contributed by atoms with E-state index in [9.17, 15) is 9.59 Å². The number of nitrogens with two attached hydrogens (primary N) is 1. The van der Waals surface area contributed by atoms with E-state index in [0.29, 0.717) is 18.7 Å². The van der Waals surface area contributed by atoms with E-state index in [1.165, 1.54) is 0 Å². The van der Waals surface area contributed by atoms with Crippen molar-refractivity contribution in [1.29, 1.82) is 0 Å². The van der Waals surface area contributed by atoms with Gasteiger partial charge in [0, 0.05) is 32.6 Å². The number of aliphatic imine (C=N–C) groups is 1. The van der Waals surface area contributed by atoms with Gasteiger partial charge in [-0.2, -0.15) is 0 Å². The lowest BCUT2D eigenvalue weighted by atomic mass is 10.1. The van der Waals surface area contributed by atoms with Gasteiger partial charge in [-0.05, 0) is 13.1 Å². The number of hydrogen-bond donors (Lipinski definition) is 4. The molecular weight excluding hydrogens is 236 g/mol. The average molecular weight is 256 g/mol. The van der Waals surface area contributed by atoms with Crippen molar-refractivity contribution in [3.05, 3.63) is 11.9 Å². The molecule has 18 heavy (non-hydrogen) atoms. The smallest absolute Gasteiger partial charge is 0.303 e. The van der Waals surface area contributed by atoms with Crippen molar-refractivity contribution in [2.24, 2.45) is 10.7 Å². The Morgan fingerprint density at radius 1 is 1.56 bits per heavy atom. The van der Waals surface area contributed by atoms with Crippen LogP contribution in [0.5, 0.6) is 0 Å². The van der Waals surface area contributed by atoms with Crippen LogP contribution < -0.4 is 16.4 Å². The predicted octanol–water partition coefficient (Wildman–Crippen LogP) is -0.554. The van der Waals surface area contributed by atoms with Crippen molar-refractivity contribution in [3.8, 4) is 0 Å². The van der Waals surface area contributed by atoms with Gasteiger partial charge in [0.1, 0.15) is 0 Å². The quantitative estimate of drug-likeness (QED) is 0.326. The number of carbonyl (C=O) groups is 2. The molecule has 7 nitrogen and oxygen atoms in total. The van der Waals surface area contributed by atoms with Crippen molar-refractivity contribution in [1.82, 2.24) is 10.6 Å². The summed E-state index contributed by atoms with van der Waals surface area (Å²) in [6, 6.07) is -0.722. The second-order valence-corrected chi connectivity index (χ2v) is 3.68. The molecule has 0 aliphatic rings. The van der Waals surface area contributed by atoms with Crippen molar-refractivity contribution in [2.75, 3.05) is 13.6 Å². The summed E-state index contributed by atoms with van der Waals surface area (Å²) in [5, 5.41) is 13.8. The second-order valence-electron chi connectivity index (χ2n) is 3.68. The molecule has 0 rings (SSSR count). The number of carbonyl (C=O) groups excluding carboxylic acids is 1. The molecule has 0 bridgehead atoms. The van der Waals surface area contributed by atoms with Crippen LogP contribution in [0.25, 0.3) is 0 Å². The molecule has 102 valence electrons. The number of nitrogens with zero attached hydrogens (tertiary/aromatic N) is 1. The Bertz CT molecular complexity index is 328. The molecule has 0 saturated heterocycles. The van der Waals surface area contributed by atoms with Gasteiger partial charge in [-0.15, -0.1) is 0 Å². The molecule has 1 atom stereocenters. The highest BCUT2D eigenvalue weighted by atomic mass is 16.4. The maximum atomic E-state index is 11.6. The molecule has 0 aliphatic carbocycles. The molecule has 5 N–H and O–H groups in total. The van der Waals surface area contributed by atoms with E-state index in [-0.39, 0.29) is 18.7 Å². The summed E-state index contributed by atoms with van der Waals surface area (Å²) in [5.74, 6) is -1.21. The Morgan fingerprint density at radius 2 is 2.22 bits per heavy atom. The highest BCUT2D eigenvalue weighted by Gasteiger charge is 2.14. The standard InChI is InChI=1S/C11H20N4O3/c1-13-7-8(14-2)6-9(12)11(18)15-5-3-4-10(16)17/h7,9,13H,2-6,12H2,1H3,(H,15,18)(H,16,17)/b8-7-. The van der Waals surface area contributed by atoms with Gasteiger partial charge in [0.15, 0.2) is 0 Å². The Kier molecular flexibility index (Phi) is 8.21. The number of hydrogen-bond acceptors (Lipinski definition) is 5. The van der Waals surface area contributed by atoms with Crippen LogP contribution in [0, 0.1) is 0 Å². The van der Waals surface area contributed by atoms with E-state index in [1.54, 1.807) is 13.2 Å². The van der Waals surface area contributed by atoms with Crippen molar-refractivity contribution in [2.45, 2.75) is 25.3 Å². The Morgan fingerprint density at radius 3 is 2.72 bits per heavy atom. The largest absolute Gasteiger partial charge is 0.481 e. The topological polar surface area (TPSA) is 117 Å². The number of carboxylic acids is 1. The normalized spacial score (nSPS) is 12.7. The van der Waals surface area contributed by atoms with Gasteiger partial charge >= 0.3 is 5.97 Å². The molecule has 0 heterocycles. The van der Waals surface area contributed by atoms with Crippen LogP contribution in [0.1, 0.15) is 19.3 Å². The van der Waals surface area contributed by atoms with E-state index in [4.69, 9.17) is 10.8 Å². The maximum absolute atomic E-state index is 11.6. The molecule has 7 heteroatoms. The molecule has 0 saturated carbocycles. The summed E-state index contributed by atoms with van der Waals surface area (Å²) in [6.07, 6.45) is 2.29. The molecule has 0 aromatic rings. The summed E-state index contributed by atoms with van der Waals surface area (Å²) < 4.78 is 0. The van der Waals surface area contributed by atoms with Gasteiger partial charge in [-0.25, -0.2) is 0 Å². The first-order valence-corrected chi connectivity index (χ1v) is 5.59. The summed E-state index contributed by atoms with van der Waals surface area (Å²) in [6.45, 7) is 3.67. The number of carboxylic acid groups (broad SMARTS) is 1. The van der Waals surface area contributed by atoms with Crippen molar-refractivity contribution in [3.63, 3.8) is 0 Å². The van der Waals surface area contributed by atoms with E-state index in [2.05, 4.69) is 22.3 Å². The molecule has 0 radical (unpaired) electrons. The lowest BCUT2D eigenvalue weighted by molar-refractivity contribution is -0.137. The third-order valence-corrected chi connectivity index (χ3v) is 2.15. The van der Waals surface area contributed by atoms with E-state index >= 15 is 0 Å². The van der Waals surface area contributed by atoms with Crippen LogP contribution in [0.3, 0.4) is 0 Å². The second kappa shape index (κ2) is 9.17. The minimum absolute atomic E-state index is 0.0225. The van der Waals surface area contributed by atoms with Gasteiger partial charge in [-0.3, -0.25) is 14.6 Å². The van der Waals surface area contributed by atoms with Crippen molar-refractivity contribution >= 4 is 18.6 Å². The minimum atomic E-state index is -0.886. The fourth-order valence-corrected chi connectivity index (χ4v) is 1.24. The minimum Gasteiger partial charge on any atom is -0.481 e. The Labute approximate surface area is 106 Å². The first-order chi connectivity index (χ1) is 8.51. The number of nitrogens with one attached hydrogen (secondary N) is 2. The van der Waals surface area contributed by atoms with Gasteiger partial charge in [0.2, 0.25) is 5.91 Å². The molecule has 1 amide bonds. The third kappa shape index (κ3) is 7.39.